The van der Waals surface area contributed by atoms with Gasteiger partial charge in [0.15, 0.2) is 11.5 Å². The molecule has 20 heavy (non-hydrogen) atoms. The van der Waals surface area contributed by atoms with E-state index in [-0.39, 0.29) is 12.4 Å². The van der Waals surface area contributed by atoms with Crippen molar-refractivity contribution in [2.75, 3.05) is 27.3 Å². The number of piperidine rings is 1. The van der Waals surface area contributed by atoms with E-state index < -0.39 is 0 Å². The van der Waals surface area contributed by atoms with Gasteiger partial charge >= 0.3 is 0 Å². The molecule has 1 atom stereocenters. The van der Waals surface area contributed by atoms with Gasteiger partial charge in [-0.25, -0.2) is 0 Å². The Kier molecular flexibility index (Phi) is 7.13. The molecular weight excluding hydrogens is 276 g/mol. The number of nitrogens with two attached hydrogens (primary N) is 1. The quantitative estimate of drug-likeness (QED) is 0.907. The molecule has 1 aromatic carbocycles. The topological polar surface area (TPSA) is 47.7 Å². The summed E-state index contributed by atoms with van der Waals surface area (Å²) in [5.74, 6) is 1.63. The summed E-state index contributed by atoms with van der Waals surface area (Å²) >= 11 is 0. The number of benzene rings is 1. The van der Waals surface area contributed by atoms with Crippen molar-refractivity contribution in [1.29, 1.82) is 0 Å². The van der Waals surface area contributed by atoms with Crippen LogP contribution in [-0.4, -0.2) is 38.3 Å². The number of hydrogen-bond acceptors (Lipinski definition) is 4. The van der Waals surface area contributed by atoms with Crippen LogP contribution in [0.4, 0.5) is 0 Å². The van der Waals surface area contributed by atoms with Crippen molar-refractivity contribution in [3.8, 4) is 11.5 Å². The van der Waals surface area contributed by atoms with Crippen LogP contribution in [0.1, 0.15) is 24.8 Å². The lowest BCUT2D eigenvalue weighted by Gasteiger charge is -2.35. The number of para-hydroxylation sites is 1. The predicted molar refractivity (Wildman–Crippen MR) is 83.9 cm³/mol. The van der Waals surface area contributed by atoms with E-state index in [1.807, 2.05) is 12.1 Å². The Hall–Kier alpha value is -0.970. The van der Waals surface area contributed by atoms with Gasteiger partial charge < -0.3 is 15.2 Å². The highest BCUT2D eigenvalue weighted by Crippen LogP contribution is 2.32. The first-order valence-electron chi connectivity index (χ1n) is 6.94. The second kappa shape index (κ2) is 8.35. The summed E-state index contributed by atoms with van der Waals surface area (Å²) in [6.45, 7) is 2.72. The van der Waals surface area contributed by atoms with Gasteiger partial charge in [-0.15, -0.1) is 12.4 Å². The van der Waals surface area contributed by atoms with Crippen LogP contribution in [0.5, 0.6) is 11.5 Å². The number of halogens is 1. The van der Waals surface area contributed by atoms with Gasteiger partial charge in [-0.3, -0.25) is 4.90 Å². The zero-order valence-corrected chi connectivity index (χ0v) is 13.1. The summed E-state index contributed by atoms with van der Waals surface area (Å²) in [7, 11) is 3.36. The SMILES string of the molecule is COc1cccc(CN2CCCCC2CN)c1OC.Cl. The summed E-state index contributed by atoms with van der Waals surface area (Å²) in [5.41, 5.74) is 7.05. The first kappa shape index (κ1) is 17.1. The number of methoxy groups -OCH3 is 2. The van der Waals surface area contributed by atoms with Crippen LogP contribution >= 0.6 is 12.4 Å². The highest BCUT2D eigenvalue weighted by atomic mass is 35.5. The molecule has 2 rings (SSSR count). The third-order valence-corrected chi connectivity index (χ3v) is 3.88. The summed E-state index contributed by atoms with van der Waals surface area (Å²) in [6, 6.07) is 6.53. The number of nitrogens with zero attached hydrogens (tertiary/aromatic N) is 1. The Morgan fingerprint density at radius 3 is 2.70 bits per heavy atom. The second-order valence-electron chi connectivity index (χ2n) is 5.01. The third kappa shape index (κ3) is 3.78. The van der Waals surface area contributed by atoms with Crippen LogP contribution in [0.15, 0.2) is 18.2 Å². The Morgan fingerprint density at radius 1 is 1.25 bits per heavy atom. The zero-order chi connectivity index (χ0) is 13.7. The molecule has 1 fully saturated rings. The maximum Gasteiger partial charge on any atom is 0.165 e. The number of likely N-dealkylation sites (tertiary alicyclic amines) is 1. The van der Waals surface area contributed by atoms with E-state index in [1.165, 1.54) is 24.8 Å². The molecule has 4 nitrogen and oxygen atoms in total. The standard InChI is InChI=1S/C15H24N2O2.ClH/c1-18-14-8-5-6-12(15(14)19-2)11-17-9-4-3-7-13(17)10-16;/h5-6,8,13H,3-4,7,9-11,16H2,1-2H3;1H. The molecule has 0 bridgehead atoms. The molecule has 1 saturated heterocycles. The smallest absolute Gasteiger partial charge is 0.165 e. The molecule has 0 spiro atoms. The fourth-order valence-electron chi connectivity index (χ4n) is 2.83. The lowest BCUT2D eigenvalue weighted by atomic mass is 10.0. The normalized spacial score (nSPS) is 19.2. The van der Waals surface area contributed by atoms with Gasteiger partial charge in [-0.05, 0) is 25.5 Å². The number of hydrogen-bond donors (Lipinski definition) is 1. The molecular formula is C15H25ClN2O2. The minimum Gasteiger partial charge on any atom is -0.493 e. The predicted octanol–water partition coefficient (Wildman–Crippen LogP) is 2.44. The molecule has 2 N–H and O–H groups in total. The average Bonchev–Trinajstić information content (AvgIpc) is 2.47. The van der Waals surface area contributed by atoms with Gasteiger partial charge in [0.1, 0.15) is 0 Å². The summed E-state index contributed by atoms with van der Waals surface area (Å²) < 4.78 is 10.8. The van der Waals surface area contributed by atoms with Crippen molar-refractivity contribution < 1.29 is 9.47 Å². The molecule has 0 aliphatic carbocycles. The van der Waals surface area contributed by atoms with Crippen LogP contribution in [0.3, 0.4) is 0 Å². The summed E-state index contributed by atoms with van der Waals surface area (Å²) in [4.78, 5) is 2.46. The van der Waals surface area contributed by atoms with Crippen LogP contribution in [0.25, 0.3) is 0 Å². The Balaban J connectivity index is 0.00000200. The van der Waals surface area contributed by atoms with Crippen LogP contribution in [0.2, 0.25) is 0 Å². The molecule has 1 aliphatic rings. The van der Waals surface area contributed by atoms with Crippen LogP contribution in [-0.2, 0) is 6.54 Å². The van der Waals surface area contributed by atoms with Gasteiger partial charge in [0.2, 0.25) is 0 Å². The van der Waals surface area contributed by atoms with E-state index in [0.717, 1.165) is 31.1 Å². The first-order chi connectivity index (χ1) is 9.30. The number of rotatable bonds is 5. The minimum atomic E-state index is 0. The monoisotopic (exact) mass is 300 g/mol. The molecule has 0 aromatic heterocycles. The molecule has 1 aromatic rings. The Morgan fingerprint density at radius 2 is 2.05 bits per heavy atom. The average molecular weight is 301 g/mol. The van der Waals surface area contributed by atoms with Gasteiger partial charge in [0.05, 0.1) is 14.2 Å². The lowest BCUT2D eigenvalue weighted by Crippen LogP contribution is -2.43. The van der Waals surface area contributed by atoms with Crippen molar-refractivity contribution in [2.45, 2.75) is 31.8 Å². The Labute approximate surface area is 127 Å². The maximum absolute atomic E-state index is 5.88. The highest BCUT2D eigenvalue weighted by Gasteiger charge is 2.22. The molecule has 0 saturated carbocycles. The van der Waals surface area contributed by atoms with E-state index >= 15 is 0 Å². The lowest BCUT2D eigenvalue weighted by molar-refractivity contribution is 0.143. The molecule has 1 heterocycles. The first-order valence-corrected chi connectivity index (χ1v) is 6.94. The maximum atomic E-state index is 5.88. The highest BCUT2D eigenvalue weighted by molar-refractivity contribution is 5.85. The third-order valence-electron chi connectivity index (χ3n) is 3.88. The fourth-order valence-corrected chi connectivity index (χ4v) is 2.83. The summed E-state index contributed by atoms with van der Waals surface area (Å²) in [5, 5.41) is 0. The zero-order valence-electron chi connectivity index (χ0n) is 12.3. The van der Waals surface area contributed by atoms with Crippen LogP contribution in [0, 0.1) is 0 Å². The van der Waals surface area contributed by atoms with E-state index in [1.54, 1.807) is 14.2 Å². The largest absolute Gasteiger partial charge is 0.493 e. The minimum absolute atomic E-state index is 0. The van der Waals surface area contributed by atoms with Crippen molar-refractivity contribution in [2.24, 2.45) is 5.73 Å². The van der Waals surface area contributed by atoms with E-state index in [9.17, 15) is 0 Å². The molecule has 114 valence electrons. The van der Waals surface area contributed by atoms with Crippen molar-refractivity contribution >= 4 is 12.4 Å². The fraction of sp³-hybridized carbons (Fsp3) is 0.600. The molecule has 0 radical (unpaired) electrons. The molecule has 0 amide bonds. The van der Waals surface area contributed by atoms with E-state index in [4.69, 9.17) is 15.2 Å². The van der Waals surface area contributed by atoms with Crippen LogP contribution < -0.4 is 15.2 Å². The van der Waals surface area contributed by atoms with Crippen molar-refractivity contribution in [3.05, 3.63) is 23.8 Å². The second-order valence-corrected chi connectivity index (χ2v) is 5.01. The molecule has 1 aliphatic heterocycles. The van der Waals surface area contributed by atoms with Gasteiger partial charge in [-0.1, -0.05) is 18.6 Å². The van der Waals surface area contributed by atoms with E-state index in [2.05, 4.69) is 11.0 Å². The molecule has 5 heteroatoms. The van der Waals surface area contributed by atoms with Gasteiger partial charge in [0.25, 0.3) is 0 Å². The van der Waals surface area contributed by atoms with E-state index in [0.29, 0.717) is 6.04 Å². The Bertz CT molecular complexity index is 415. The number of ether oxygens (including phenoxy) is 2. The van der Waals surface area contributed by atoms with Crippen molar-refractivity contribution in [3.63, 3.8) is 0 Å². The summed E-state index contributed by atoms with van der Waals surface area (Å²) in [6.07, 6.45) is 3.74. The molecule has 1 unspecified atom stereocenters. The van der Waals surface area contributed by atoms with Crippen molar-refractivity contribution in [1.82, 2.24) is 4.90 Å². The van der Waals surface area contributed by atoms with Gasteiger partial charge in [-0.2, -0.15) is 0 Å². The van der Waals surface area contributed by atoms with Gasteiger partial charge in [0, 0.05) is 24.7 Å².